The average molecular weight is 152 g/mol. The van der Waals surface area contributed by atoms with E-state index in [0.29, 0.717) is 5.41 Å². The van der Waals surface area contributed by atoms with Crippen molar-refractivity contribution in [2.24, 2.45) is 5.41 Å². The maximum atomic E-state index is 3.40. The summed E-state index contributed by atoms with van der Waals surface area (Å²) in [7, 11) is 0. The van der Waals surface area contributed by atoms with E-state index in [-0.39, 0.29) is 0 Å². The van der Waals surface area contributed by atoms with E-state index in [0.717, 1.165) is 6.54 Å². The van der Waals surface area contributed by atoms with Crippen molar-refractivity contribution in [1.29, 1.82) is 0 Å². The zero-order valence-corrected chi connectivity index (χ0v) is 7.23. The monoisotopic (exact) mass is 152 g/mol. The first-order valence-electron chi connectivity index (χ1n) is 4.96. The molecule has 0 aromatic heterocycles. The van der Waals surface area contributed by atoms with Gasteiger partial charge < -0.3 is 5.32 Å². The molecule has 1 nitrogen and oxygen atoms in total. The van der Waals surface area contributed by atoms with Crippen molar-refractivity contribution in [3.8, 4) is 0 Å². The van der Waals surface area contributed by atoms with Crippen LogP contribution in [0.2, 0.25) is 0 Å². The van der Waals surface area contributed by atoms with Crippen molar-refractivity contribution in [1.82, 2.24) is 5.32 Å². The minimum Gasteiger partial charge on any atom is -0.316 e. The quantitative estimate of drug-likeness (QED) is 0.560. The predicted molar refractivity (Wildman–Crippen MR) is 47.3 cm³/mol. The second kappa shape index (κ2) is 3.14. The Morgan fingerprint density at radius 1 is 1.00 bits per heavy atom. The summed E-state index contributed by atoms with van der Waals surface area (Å²) in [5, 5.41) is 3.40. The smallest absolute Gasteiger partial charge is 0.00119 e. The average Bonchev–Trinajstić information content (AvgIpc) is 2.07. The molecule has 0 bridgehead atoms. The maximum Gasteiger partial charge on any atom is -0.00119 e. The molecule has 1 N–H and O–H groups in total. The Bertz CT molecular complexity index is 99.3. The number of nitrogens with one attached hydrogen (secondary N) is 1. The highest BCUT2D eigenvalue weighted by atomic mass is 14.9. The third-order valence-electron chi connectivity index (χ3n) is 3.33. The lowest BCUT2D eigenvalue weighted by atomic mass is 9.68. The van der Waals surface area contributed by atoms with E-state index in [1.165, 1.54) is 45.1 Å². The van der Waals surface area contributed by atoms with E-state index in [1.807, 2.05) is 0 Å². The van der Waals surface area contributed by atoms with Crippen LogP contribution in [0.25, 0.3) is 0 Å². The summed E-state index contributed by atoms with van der Waals surface area (Å²) in [6.07, 6.45) is 11.3. The third-order valence-corrected chi connectivity index (χ3v) is 3.33. The molecule has 1 heterocycles. The standard InChI is InChI=1S/C10H18N/c1-2-4-10(5-3-1)6-8-11-9-7-10/h6,11H,1-5,7-9H2. The van der Waals surface area contributed by atoms with Crippen LogP contribution in [0.15, 0.2) is 0 Å². The molecule has 1 saturated heterocycles. The number of hydrogen-bond donors (Lipinski definition) is 1. The summed E-state index contributed by atoms with van der Waals surface area (Å²) in [5.74, 6) is 0. The first-order valence-corrected chi connectivity index (χ1v) is 4.96. The molecule has 1 spiro atoms. The van der Waals surface area contributed by atoms with E-state index in [4.69, 9.17) is 0 Å². The van der Waals surface area contributed by atoms with E-state index in [9.17, 15) is 0 Å². The van der Waals surface area contributed by atoms with Crippen LogP contribution in [0.1, 0.15) is 38.5 Å². The zero-order chi connectivity index (χ0) is 7.57. The van der Waals surface area contributed by atoms with Gasteiger partial charge in [-0.15, -0.1) is 0 Å². The lowest BCUT2D eigenvalue weighted by Crippen LogP contribution is -2.38. The topological polar surface area (TPSA) is 12.0 Å². The van der Waals surface area contributed by atoms with Crippen molar-refractivity contribution in [2.75, 3.05) is 13.1 Å². The lowest BCUT2D eigenvalue weighted by Gasteiger charge is -2.40. The van der Waals surface area contributed by atoms with Gasteiger partial charge in [-0.3, -0.25) is 0 Å². The molecule has 63 valence electrons. The van der Waals surface area contributed by atoms with Crippen LogP contribution >= 0.6 is 0 Å². The van der Waals surface area contributed by atoms with E-state index in [2.05, 4.69) is 11.7 Å². The first-order chi connectivity index (χ1) is 5.41. The van der Waals surface area contributed by atoms with Gasteiger partial charge >= 0.3 is 0 Å². The molecule has 1 aliphatic heterocycles. The molecule has 2 rings (SSSR count). The van der Waals surface area contributed by atoms with Crippen LogP contribution in [-0.4, -0.2) is 13.1 Å². The number of hydrogen-bond acceptors (Lipinski definition) is 1. The lowest BCUT2D eigenvalue weighted by molar-refractivity contribution is 0.191. The maximum absolute atomic E-state index is 3.40. The second-order valence-electron chi connectivity index (χ2n) is 4.08. The third kappa shape index (κ3) is 1.58. The Labute approximate surface area is 69.6 Å². The van der Waals surface area contributed by atoms with Crippen LogP contribution in [-0.2, 0) is 0 Å². The van der Waals surface area contributed by atoms with Gasteiger partial charge in [-0.2, -0.15) is 0 Å². The van der Waals surface area contributed by atoms with Gasteiger partial charge in [0.25, 0.3) is 0 Å². The summed E-state index contributed by atoms with van der Waals surface area (Å²) in [6.45, 7) is 2.40. The highest BCUT2D eigenvalue weighted by Gasteiger charge is 2.32. The molecule has 11 heavy (non-hydrogen) atoms. The van der Waals surface area contributed by atoms with Crippen molar-refractivity contribution in [2.45, 2.75) is 38.5 Å². The van der Waals surface area contributed by atoms with Crippen LogP contribution in [0.4, 0.5) is 0 Å². The minimum atomic E-state index is 0.670. The Morgan fingerprint density at radius 3 is 2.45 bits per heavy atom. The molecule has 0 aromatic rings. The van der Waals surface area contributed by atoms with Crippen LogP contribution in [0, 0.1) is 11.8 Å². The van der Waals surface area contributed by atoms with Gasteiger partial charge in [0.2, 0.25) is 0 Å². The fourth-order valence-corrected chi connectivity index (χ4v) is 2.54. The molecular weight excluding hydrogens is 134 g/mol. The first kappa shape index (κ1) is 7.60. The van der Waals surface area contributed by atoms with Crippen molar-refractivity contribution in [3.05, 3.63) is 6.42 Å². The summed E-state index contributed by atoms with van der Waals surface area (Å²) in [6, 6.07) is 0. The van der Waals surface area contributed by atoms with E-state index < -0.39 is 0 Å². The normalized spacial score (nSPS) is 30.5. The highest BCUT2D eigenvalue weighted by Crippen LogP contribution is 2.42. The Balaban J connectivity index is 1.94. The van der Waals surface area contributed by atoms with Crippen LogP contribution in [0.5, 0.6) is 0 Å². The summed E-state index contributed by atoms with van der Waals surface area (Å²) >= 11 is 0. The molecule has 0 atom stereocenters. The van der Waals surface area contributed by atoms with E-state index >= 15 is 0 Å². The van der Waals surface area contributed by atoms with Crippen molar-refractivity contribution < 1.29 is 0 Å². The Hall–Kier alpha value is -0.0400. The van der Waals surface area contributed by atoms with Gasteiger partial charge in [0, 0.05) is 0 Å². The number of piperidine rings is 1. The van der Waals surface area contributed by atoms with Crippen molar-refractivity contribution in [3.63, 3.8) is 0 Å². The molecule has 0 aromatic carbocycles. The number of rotatable bonds is 0. The van der Waals surface area contributed by atoms with Gasteiger partial charge in [-0.25, -0.2) is 0 Å². The van der Waals surface area contributed by atoms with Gasteiger partial charge in [-0.1, -0.05) is 19.3 Å². The molecule has 1 aliphatic carbocycles. The summed E-state index contributed by atoms with van der Waals surface area (Å²) in [5.41, 5.74) is 0.670. The minimum absolute atomic E-state index is 0.670. The second-order valence-corrected chi connectivity index (χ2v) is 4.08. The van der Waals surface area contributed by atoms with Crippen LogP contribution < -0.4 is 5.32 Å². The molecule has 1 heteroatoms. The van der Waals surface area contributed by atoms with Gasteiger partial charge in [0.05, 0.1) is 0 Å². The Kier molecular flexibility index (Phi) is 2.17. The summed E-state index contributed by atoms with van der Waals surface area (Å²) in [4.78, 5) is 0. The van der Waals surface area contributed by atoms with Gasteiger partial charge in [0.1, 0.15) is 0 Å². The molecule has 1 saturated carbocycles. The van der Waals surface area contributed by atoms with Crippen LogP contribution in [0.3, 0.4) is 0 Å². The van der Waals surface area contributed by atoms with Gasteiger partial charge in [-0.05, 0) is 44.2 Å². The molecule has 0 unspecified atom stereocenters. The Morgan fingerprint density at radius 2 is 1.82 bits per heavy atom. The highest BCUT2D eigenvalue weighted by molar-refractivity contribution is 4.98. The largest absolute Gasteiger partial charge is 0.316 e. The molecule has 1 radical (unpaired) electrons. The van der Waals surface area contributed by atoms with E-state index in [1.54, 1.807) is 0 Å². The zero-order valence-electron chi connectivity index (χ0n) is 7.23. The SMILES string of the molecule is [CH]1CNCCC12CCCCC2. The fourth-order valence-electron chi connectivity index (χ4n) is 2.54. The molecule has 0 amide bonds. The predicted octanol–water partition coefficient (Wildman–Crippen LogP) is 2.13. The molecular formula is C10H18N. The molecule has 2 fully saturated rings. The fraction of sp³-hybridized carbons (Fsp3) is 0.900. The molecule has 2 aliphatic rings. The van der Waals surface area contributed by atoms with Gasteiger partial charge in [0.15, 0.2) is 0 Å². The summed E-state index contributed by atoms with van der Waals surface area (Å²) < 4.78 is 0. The van der Waals surface area contributed by atoms with Crippen molar-refractivity contribution >= 4 is 0 Å².